The standard InChI is InChI=1S/C30H37N7O2/c1-20-9-10-21(2)27(17-20)35-13-15-36(16-14-35)28(29-32-33-34-37(29)23-7-5-4-6-8-23)25-18-22-11-12-24(39-3)19-26(22)31-30(25)38/h9-12,17-19,23,28H,4-8,13-16H2,1-3H3,(H,31,38)/t28-/m1/s1. The van der Waals surface area contributed by atoms with E-state index in [0.29, 0.717) is 11.3 Å². The molecule has 1 saturated carbocycles. The van der Waals surface area contributed by atoms with Crippen molar-refractivity contribution in [2.75, 3.05) is 38.2 Å². The van der Waals surface area contributed by atoms with Gasteiger partial charge in [-0.05, 0) is 77.9 Å². The molecule has 0 spiro atoms. The van der Waals surface area contributed by atoms with Gasteiger partial charge < -0.3 is 14.6 Å². The molecular formula is C30H37N7O2. The third kappa shape index (κ3) is 5.03. The van der Waals surface area contributed by atoms with Gasteiger partial charge in [-0.25, -0.2) is 4.68 Å². The number of H-pyrrole nitrogens is 1. The third-order valence-corrected chi connectivity index (χ3v) is 8.44. The van der Waals surface area contributed by atoms with Crippen molar-refractivity contribution < 1.29 is 4.74 Å². The molecule has 1 N–H and O–H groups in total. The van der Waals surface area contributed by atoms with Gasteiger partial charge in [-0.3, -0.25) is 9.69 Å². The molecule has 3 heterocycles. The van der Waals surface area contributed by atoms with Crippen molar-refractivity contribution in [3.8, 4) is 5.75 Å². The van der Waals surface area contributed by atoms with E-state index in [1.165, 1.54) is 36.1 Å². The molecule has 2 aromatic heterocycles. The molecule has 0 amide bonds. The van der Waals surface area contributed by atoms with Crippen LogP contribution in [0, 0.1) is 13.8 Å². The SMILES string of the molecule is COc1ccc2cc([C@H](c3nnnn3C3CCCCC3)N3CCN(c4cc(C)ccc4C)CC3)c(=O)[nH]c2c1. The Morgan fingerprint density at radius 1 is 0.974 bits per heavy atom. The average molecular weight is 528 g/mol. The van der Waals surface area contributed by atoms with Gasteiger partial charge in [0.1, 0.15) is 11.8 Å². The van der Waals surface area contributed by atoms with E-state index in [9.17, 15) is 4.79 Å². The van der Waals surface area contributed by atoms with Crippen molar-refractivity contribution in [3.63, 3.8) is 0 Å². The molecule has 1 saturated heterocycles. The Bertz CT molecular complexity index is 1510. The van der Waals surface area contributed by atoms with Gasteiger partial charge in [-0.15, -0.1) is 5.10 Å². The largest absolute Gasteiger partial charge is 0.497 e. The number of rotatable bonds is 6. The third-order valence-electron chi connectivity index (χ3n) is 8.44. The first-order chi connectivity index (χ1) is 19.0. The summed E-state index contributed by atoms with van der Waals surface area (Å²) >= 11 is 0. The molecule has 2 aliphatic rings. The van der Waals surface area contributed by atoms with Crippen molar-refractivity contribution in [2.45, 2.75) is 58.0 Å². The van der Waals surface area contributed by atoms with Crippen molar-refractivity contribution >= 4 is 16.6 Å². The lowest BCUT2D eigenvalue weighted by Crippen LogP contribution is -2.49. The number of benzene rings is 2. The number of fused-ring (bicyclic) bond motifs is 1. The molecular weight excluding hydrogens is 490 g/mol. The molecule has 9 nitrogen and oxygen atoms in total. The van der Waals surface area contributed by atoms with Crippen LogP contribution < -0.4 is 15.2 Å². The Kier molecular flexibility index (Phi) is 7.08. The maximum Gasteiger partial charge on any atom is 0.253 e. The van der Waals surface area contributed by atoms with E-state index < -0.39 is 0 Å². The van der Waals surface area contributed by atoms with Crippen molar-refractivity contribution in [1.82, 2.24) is 30.1 Å². The number of tetrazole rings is 1. The van der Waals surface area contributed by atoms with Gasteiger partial charge in [0.05, 0.1) is 18.7 Å². The van der Waals surface area contributed by atoms with Gasteiger partial charge in [0, 0.05) is 43.5 Å². The van der Waals surface area contributed by atoms with Crippen LogP contribution in [-0.4, -0.2) is 63.4 Å². The monoisotopic (exact) mass is 527 g/mol. The van der Waals surface area contributed by atoms with E-state index in [1.807, 2.05) is 28.9 Å². The number of aryl methyl sites for hydroxylation is 2. The highest BCUT2D eigenvalue weighted by Gasteiger charge is 2.34. The summed E-state index contributed by atoms with van der Waals surface area (Å²) in [4.78, 5) is 21.6. The Morgan fingerprint density at radius 3 is 2.54 bits per heavy atom. The molecule has 6 rings (SSSR count). The molecule has 0 bridgehead atoms. The van der Waals surface area contributed by atoms with Gasteiger partial charge in [0.15, 0.2) is 5.82 Å². The summed E-state index contributed by atoms with van der Waals surface area (Å²) in [6.07, 6.45) is 5.76. The van der Waals surface area contributed by atoms with Crippen molar-refractivity contribution in [3.05, 3.63) is 75.3 Å². The van der Waals surface area contributed by atoms with E-state index in [4.69, 9.17) is 4.74 Å². The summed E-state index contributed by atoms with van der Waals surface area (Å²) in [5.41, 5.74) is 5.16. The van der Waals surface area contributed by atoms with Gasteiger partial charge in [-0.1, -0.05) is 31.4 Å². The summed E-state index contributed by atoms with van der Waals surface area (Å²) in [6.45, 7) is 7.65. The fourth-order valence-corrected chi connectivity index (χ4v) is 6.27. The van der Waals surface area contributed by atoms with Crippen LogP contribution in [0.5, 0.6) is 5.75 Å². The fraction of sp³-hybridized carbons (Fsp3) is 0.467. The summed E-state index contributed by atoms with van der Waals surface area (Å²) in [5.74, 6) is 1.48. The van der Waals surface area contributed by atoms with Gasteiger partial charge >= 0.3 is 0 Å². The molecule has 1 aliphatic carbocycles. The van der Waals surface area contributed by atoms with E-state index in [1.54, 1.807) is 7.11 Å². The second-order valence-electron chi connectivity index (χ2n) is 11.0. The number of piperazine rings is 1. The number of pyridine rings is 1. The van der Waals surface area contributed by atoms with Gasteiger partial charge in [0.2, 0.25) is 0 Å². The lowest BCUT2D eigenvalue weighted by molar-refractivity contribution is 0.192. The minimum absolute atomic E-state index is 0.115. The minimum atomic E-state index is -0.335. The van der Waals surface area contributed by atoms with Crippen LogP contribution in [-0.2, 0) is 0 Å². The van der Waals surface area contributed by atoms with Gasteiger partial charge in [0.25, 0.3) is 5.56 Å². The second kappa shape index (κ2) is 10.8. The van der Waals surface area contributed by atoms with Crippen LogP contribution in [0.4, 0.5) is 5.69 Å². The predicted molar refractivity (Wildman–Crippen MR) is 153 cm³/mol. The number of hydrogen-bond donors (Lipinski definition) is 1. The van der Waals surface area contributed by atoms with E-state index in [0.717, 1.165) is 55.7 Å². The predicted octanol–water partition coefficient (Wildman–Crippen LogP) is 4.56. The number of aromatic amines is 1. The lowest BCUT2D eigenvalue weighted by Gasteiger charge is -2.40. The zero-order valence-corrected chi connectivity index (χ0v) is 23.1. The van der Waals surface area contributed by atoms with Crippen molar-refractivity contribution in [1.29, 1.82) is 0 Å². The van der Waals surface area contributed by atoms with E-state index in [2.05, 4.69) is 62.4 Å². The molecule has 2 aromatic carbocycles. The van der Waals surface area contributed by atoms with Crippen LogP contribution in [0.3, 0.4) is 0 Å². The molecule has 1 atom stereocenters. The van der Waals surface area contributed by atoms with Gasteiger partial charge in [-0.2, -0.15) is 0 Å². The number of hydrogen-bond acceptors (Lipinski definition) is 7. The second-order valence-corrected chi connectivity index (χ2v) is 11.0. The maximum absolute atomic E-state index is 13.7. The van der Waals surface area contributed by atoms with Crippen LogP contribution in [0.1, 0.15) is 66.7 Å². The van der Waals surface area contributed by atoms with Crippen LogP contribution in [0.25, 0.3) is 10.9 Å². The molecule has 4 aromatic rings. The normalized spacial score (nSPS) is 18.0. The van der Waals surface area contributed by atoms with Crippen LogP contribution >= 0.6 is 0 Å². The topological polar surface area (TPSA) is 92.2 Å². The minimum Gasteiger partial charge on any atom is -0.497 e. The molecule has 0 unspecified atom stereocenters. The zero-order chi connectivity index (χ0) is 26.9. The summed E-state index contributed by atoms with van der Waals surface area (Å²) in [7, 11) is 1.63. The van der Waals surface area contributed by atoms with E-state index >= 15 is 0 Å². The molecule has 2 fully saturated rings. The lowest BCUT2D eigenvalue weighted by atomic mass is 9.95. The molecule has 204 valence electrons. The van der Waals surface area contributed by atoms with Crippen molar-refractivity contribution in [2.24, 2.45) is 0 Å². The Labute approximate surface area is 228 Å². The Hall–Kier alpha value is -3.72. The molecule has 9 heteroatoms. The summed E-state index contributed by atoms with van der Waals surface area (Å²) in [6, 6.07) is 14.4. The zero-order valence-electron chi connectivity index (χ0n) is 23.1. The first-order valence-electron chi connectivity index (χ1n) is 14.1. The summed E-state index contributed by atoms with van der Waals surface area (Å²) < 4.78 is 7.39. The Balaban J connectivity index is 1.38. The van der Waals surface area contributed by atoms with Crippen LogP contribution in [0.2, 0.25) is 0 Å². The summed E-state index contributed by atoms with van der Waals surface area (Å²) in [5, 5.41) is 14.1. The quantitative estimate of drug-likeness (QED) is 0.393. The molecule has 0 radical (unpaired) electrons. The number of aromatic nitrogens is 5. The number of anilines is 1. The highest BCUT2D eigenvalue weighted by atomic mass is 16.5. The highest BCUT2D eigenvalue weighted by Crippen LogP contribution is 2.34. The average Bonchev–Trinajstić information content (AvgIpc) is 3.45. The van der Waals surface area contributed by atoms with E-state index in [-0.39, 0.29) is 17.6 Å². The molecule has 1 aliphatic heterocycles. The number of methoxy groups -OCH3 is 1. The highest BCUT2D eigenvalue weighted by molar-refractivity contribution is 5.80. The Morgan fingerprint density at radius 2 is 1.77 bits per heavy atom. The number of ether oxygens (including phenoxy) is 1. The first kappa shape index (κ1) is 25.6. The number of nitrogens with one attached hydrogen (secondary N) is 1. The first-order valence-corrected chi connectivity index (χ1v) is 14.1. The molecule has 39 heavy (non-hydrogen) atoms. The maximum atomic E-state index is 13.7. The fourth-order valence-electron chi connectivity index (χ4n) is 6.27. The van der Waals surface area contributed by atoms with Crippen LogP contribution in [0.15, 0.2) is 47.3 Å². The smallest absolute Gasteiger partial charge is 0.253 e. The number of nitrogens with zero attached hydrogens (tertiary/aromatic N) is 6.